The van der Waals surface area contributed by atoms with E-state index in [1.54, 1.807) is 0 Å². The van der Waals surface area contributed by atoms with Crippen LogP contribution >= 0.6 is 0 Å². The molecule has 0 spiro atoms. The molecule has 1 rings (SSSR count). The SMILES string of the molecule is CCc1ccc(CCCC(=O)NC(CC(C)C)C(=O)O)cc1. The maximum atomic E-state index is 11.9. The average Bonchev–Trinajstić information content (AvgIpc) is 2.46. The molecule has 0 heterocycles. The molecule has 22 heavy (non-hydrogen) atoms. The first-order chi connectivity index (χ1) is 10.4. The summed E-state index contributed by atoms with van der Waals surface area (Å²) >= 11 is 0. The zero-order chi connectivity index (χ0) is 16.5. The van der Waals surface area contributed by atoms with Gasteiger partial charge in [-0.15, -0.1) is 0 Å². The van der Waals surface area contributed by atoms with E-state index in [9.17, 15) is 9.59 Å². The molecule has 0 saturated heterocycles. The standard InChI is InChI=1S/C18H27NO3/c1-4-14-8-10-15(11-9-14)6-5-7-17(20)19-16(18(21)22)12-13(2)3/h8-11,13,16H,4-7,12H2,1-3H3,(H,19,20)(H,21,22). The van der Waals surface area contributed by atoms with Crippen LogP contribution in [-0.4, -0.2) is 23.0 Å². The second-order valence-electron chi connectivity index (χ2n) is 6.11. The van der Waals surface area contributed by atoms with Crippen molar-refractivity contribution in [1.82, 2.24) is 5.32 Å². The molecule has 0 fully saturated rings. The van der Waals surface area contributed by atoms with Gasteiger partial charge < -0.3 is 10.4 Å². The molecule has 0 bridgehead atoms. The second-order valence-corrected chi connectivity index (χ2v) is 6.11. The van der Waals surface area contributed by atoms with Crippen molar-refractivity contribution in [3.63, 3.8) is 0 Å². The zero-order valence-electron chi connectivity index (χ0n) is 13.8. The maximum Gasteiger partial charge on any atom is 0.326 e. The van der Waals surface area contributed by atoms with E-state index in [0.29, 0.717) is 12.8 Å². The topological polar surface area (TPSA) is 66.4 Å². The van der Waals surface area contributed by atoms with E-state index < -0.39 is 12.0 Å². The second kappa shape index (κ2) is 9.23. The number of benzene rings is 1. The largest absolute Gasteiger partial charge is 0.480 e. The van der Waals surface area contributed by atoms with Crippen molar-refractivity contribution in [3.8, 4) is 0 Å². The molecule has 1 amide bonds. The van der Waals surface area contributed by atoms with Gasteiger partial charge in [-0.05, 0) is 42.7 Å². The van der Waals surface area contributed by atoms with Gasteiger partial charge in [0, 0.05) is 6.42 Å². The van der Waals surface area contributed by atoms with E-state index in [-0.39, 0.29) is 11.8 Å². The molecule has 4 nitrogen and oxygen atoms in total. The van der Waals surface area contributed by atoms with Gasteiger partial charge in [0.05, 0.1) is 0 Å². The van der Waals surface area contributed by atoms with Crippen molar-refractivity contribution < 1.29 is 14.7 Å². The van der Waals surface area contributed by atoms with E-state index in [1.165, 1.54) is 11.1 Å². The van der Waals surface area contributed by atoms with E-state index >= 15 is 0 Å². The molecule has 122 valence electrons. The number of aliphatic carboxylic acids is 1. The van der Waals surface area contributed by atoms with Crippen LogP contribution in [0.2, 0.25) is 0 Å². The highest BCUT2D eigenvalue weighted by atomic mass is 16.4. The number of carboxylic acids is 1. The minimum Gasteiger partial charge on any atom is -0.480 e. The summed E-state index contributed by atoms with van der Waals surface area (Å²) in [5.74, 6) is -0.908. The van der Waals surface area contributed by atoms with Gasteiger partial charge in [0.2, 0.25) is 5.91 Å². The first-order valence-electron chi connectivity index (χ1n) is 8.02. The molecule has 0 aliphatic rings. The summed E-state index contributed by atoms with van der Waals surface area (Å²) in [6.07, 6.45) is 3.40. The fourth-order valence-electron chi connectivity index (χ4n) is 2.35. The molecule has 0 radical (unpaired) electrons. The van der Waals surface area contributed by atoms with Crippen molar-refractivity contribution >= 4 is 11.9 Å². The van der Waals surface area contributed by atoms with Gasteiger partial charge in [0.1, 0.15) is 6.04 Å². The molecule has 1 unspecified atom stereocenters. The number of hydrogen-bond acceptors (Lipinski definition) is 2. The molecule has 0 saturated carbocycles. The normalized spacial score (nSPS) is 12.2. The predicted octanol–water partition coefficient (Wildman–Crippen LogP) is 3.19. The van der Waals surface area contributed by atoms with E-state index in [2.05, 4.69) is 36.5 Å². The highest BCUT2D eigenvalue weighted by Crippen LogP contribution is 2.09. The fourth-order valence-corrected chi connectivity index (χ4v) is 2.35. The van der Waals surface area contributed by atoms with Crippen molar-refractivity contribution in [2.24, 2.45) is 5.92 Å². The maximum absolute atomic E-state index is 11.9. The Balaban J connectivity index is 2.36. The molecule has 2 N–H and O–H groups in total. The number of amides is 1. The van der Waals surface area contributed by atoms with Crippen LogP contribution < -0.4 is 5.32 Å². The van der Waals surface area contributed by atoms with Crippen LogP contribution in [0, 0.1) is 5.92 Å². The van der Waals surface area contributed by atoms with Crippen molar-refractivity contribution in [2.75, 3.05) is 0 Å². The van der Waals surface area contributed by atoms with Crippen molar-refractivity contribution in [3.05, 3.63) is 35.4 Å². The number of carbonyl (C=O) groups excluding carboxylic acids is 1. The highest BCUT2D eigenvalue weighted by Gasteiger charge is 2.20. The van der Waals surface area contributed by atoms with Gasteiger partial charge in [0.15, 0.2) is 0 Å². The van der Waals surface area contributed by atoms with Gasteiger partial charge in [-0.1, -0.05) is 45.0 Å². The number of hydrogen-bond donors (Lipinski definition) is 2. The van der Waals surface area contributed by atoms with Gasteiger partial charge in [-0.3, -0.25) is 4.79 Å². The van der Waals surface area contributed by atoms with Gasteiger partial charge in [-0.2, -0.15) is 0 Å². The summed E-state index contributed by atoms with van der Waals surface area (Å²) in [6, 6.07) is 7.62. The summed E-state index contributed by atoms with van der Waals surface area (Å²) in [5.41, 5.74) is 2.52. The van der Waals surface area contributed by atoms with Gasteiger partial charge >= 0.3 is 5.97 Å². The van der Waals surface area contributed by atoms with Crippen LogP contribution in [0.1, 0.15) is 51.2 Å². The summed E-state index contributed by atoms with van der Waals surface area (Å²) in [6.45, 7) is 6.01. The number of carboxylic acid groups (broad SMARTS) is 1. The number of rotatable bonds is 9. The zero-order valence-corrected chi connectivity index (χ0v) is 13.8. The van der Waals surface area contributed by atoms with Crippen LogP contribution in [0.4, 0.5) is 0 Å². The highest BCUT2D eigenvalue weighted by molar-refractivity contribution is 5.83. The smallest absolute Gasteiger partial charge is 0.326 e. The van der Waals surface area contributed by atoms with E-state index in [4.69, 9.17) is 5.11 Å². The molecular weight excluding hydrogens is 278 g/mol. The molecule has 1 aromatic carbocycles. The van der Waals surface area contributed by atoms with Gasteiger partial charge in [-0.25, -0.2) is 4.79 Å². The van der Waals surface area contributed by atoms with Crippen LogP contribution in [-0.2, 0) is 22.4 Å². The van der Waals surface area contributed by atoms with Crippen LogP contribution in [0.15, 0.2) is 24.3 Å². The Kier molecular flexibility index (Phi) is 7.64. The lowest BCUT2D eigenvalue weighted by molar-refractivity contribution is -0.142. The van der Waals surface area contributed by atoms with Crippen LogP contribution in [0.5, 0.6) is 0 Å². The first-order valence-corrected chi connectivity index (χ1v) is 8.02. The van der Waals surface area contributed by atoms with E-state index in [1.807, 2.05) is 13.8 Å². The summed E-state index contributed by atoms with van der Waals surface area (Å²) < 4.78 is 0. The third kappa shape index (κ3) is 6.74. The Morgan fingerprint density at radius 3 is 2.23 bits per heavy atom. The molecule has 0 aliphatic heterocycles. The Bertz CT molecular complexity index is 480. The Hall–Kier alpha value is -1.84. The molecule has 4 heteroatoms. The lowest BCUT2D eigenvalue weighted by Crippen LogP contribution is -2.41. The lowest BCUT2D eigenvalue weighted by Gasteiger charge is -2.16. The molecule has 1 atom stereocenters. The molecular formula is C18H27NO3. The predicted molar refractivity (Wildman–Crippen MR) is 87.8 cm³/mol. The van der Waals surface area contributed by atoms with Crippen LogP contribution in [0.3, 0.4) is 0 Å². The van der Waals surface area contributed by atoms with Gasteiger partial charge in [0.25, 0.3) is 0 Å². The summed E-state index contributed by atoms with van der Waals surface area (Å²) in [4.78, 5) is 23.0. The minimum atomic E-state index is -0.961. The lowest BCUT2D eigenvalue weighted by atomic mass is 10.0. The molecule has 1 aromatic rings. The number of carbonyl (C=O) groups is 2. The molecule has 0 aliphatic carbocycles. The van der Waals surface area contributed by atoms with Crippen molar-refractivity contribution in [2.45, 2.75) is 58.9 Å². The minimum absolute atomic E-state index is 0.182. The average molecular weight is 305 g/mol. The number of aryl methyl sites for hydroxylation is 2. The quantitative estimate of drug-likeness (QED) is 0.736. The summed E-state index contributed by atoms with van der Waals surface area (Å²) in [5, 5.41) is 11.7. The number of nitrogens with one attached hydrogen (secondary N) is 1. The monoisotopic (exact) mass is 305 g/mol. The Labute approximate surface area is 132 Å². The third-order valence-corrected chi connectivity index (χ3v) is 3.64. The third-order valence-electron chi connectivity index (χ3n) is 3.64. The van der Waals surface area contributed by atoms with Crippen LogP contribution in [0.25, 0.3) is 0 Å². The molecule has 0 aromatic heterocycles. The fraction of sp³-hybridized carbons (Fsp3) is 0.556. The van der Waals surface area contributed by atoms with E-state index in [0.717, 1.165) is 19.3 Å². The first kappa shape index (κ1) is 18.2. The van der Waals surface area contributed by atoms with Crippen molar-refractivity contribution in [1.29, 1.82) is 0 Å². The summed E-state index contributed by atoms with van der Waals surface area (Å²) in [7, 11) is 0. The Morgan fingerprint density at radius 1 is 1.14 bits per heavy atom. The Morgan fingerprint density at radius 2 is 1.73 bits per heavy atom.